The molecule has 6 heteroatoms. The lowest BCUT2D eigenvalue weighted by Gasteiger charge is -2.25. The maximum atomic E-state index is 11.6. The molecule has 0 saturated carbocycles. The fraction of sp³-hybridized carbons (Fsp3) is 0.286. The number of hydrogen-bond donors (Lipinski definition) is 2. The molecule has 106 valence electrons. The number of aliphatic carboxylic acids is 1. The van der Waals surface area contributed by atoms with Gasteiger partial charge in [0.05, 0.1) is 6.04 Å². The maximum Gasteiger partial charge on any atom is 0.331 e. The second-order valence-electron chi connectivity index (χ2n) is 4.66. The molecule has 0 heterocycles. The number of benzene rings is 1. The lowest BCUT2D eigenvalue weighted by Crippen LogP contribution is -2.41. The van der Waals surface area contributed by atoms with Gasteiger partial charge in [-0.25, -0.2) is 14.6 Å². The predicted molar refractivity (Wildman–Crippen MR) is 71.5 cm³/mol. The van der Waals surface area contributed by atoms with Crippen molar-refractivity contribution in [2.24, 2.45) is 5.84 Å². The number of carbonyl (C=O) groups excluding carboxylic acids is 1. The third-order valence-corrected chi connectivity index (χ3v) is 3.27. The zero-order valence-corrected chi connectivity index (χ0v) is 11.0. The minimum absolute atomic E-state index is 0.158. The van der Waals surface area contributed by atoms with Crippen LogP contribution < -0.4 is 5.84 Å². The van der Waals surface area contributed by atoms with E-state index < -0.39 is 18.0 Å². The van der Waals surface area contributed by atoms with E-state index in [9.17, 15) is 9.59 Å². The highest BCUT2D eigenvalue weighted by Crippen LogP contribution is 2.35. The van der Waals surface area contributed by atoms with E-state index in [4.69, 9.17) is 15.7 Å². The monoisotopic (exact) mass is 276 g/mol. The van der Waals surface area contributed by atoms with Crippen molar-refractivity contribution >= 4 is 11.9 Å². The molecule has 0 aromatic heterocycles. The standard InChI is InChI=1S/C14H16N2O4/c1-16(15)11-8-9-4-2-3-5-10(9)14(11)20-13(19)7-6-12(17)18/h2-7,11,14H,8,15H2,1H3,(H,17,18)/b7-6-/t11-,14-/m0/s1. The molecule has 1 aromatic carbocycles. The van der Waals surface area contributed by atoms with E-state index in [1.54, 1.807) is 7.05 Å². The Labute approximate surface area is 116 Å². The van der Waals surface area contributed by atoms with Gasteiger partial charge in [0.1, 0.15) is 6.10 Å². The van der Waals surface area contributed by atoms with Gasteiger partial charge in [-0.05, 0) is 17.5 Å². The molecule has 1 aliphatic rings. The highest BCUT2D eigenvalue weighted by Gasteiger charge is 2.36. The summed E-state index contributed by atoms with van der Waals surface area (Å²) in [5, 5.41) is 10.0. The molecular weight excluding hydrogens is 260 g/mol. The number of nitrogens with two attached hydrogens (primary N) is 1. The number of hydrazine groups is 1. The smallest absolute Gasteiger partial charge is 0.331 e. The number of likely N-dealkylation sites (N-methyl/N-ethyl adjacent to an activating group) is 1. The van der Waals surface area contributed by atoms with Crippen LogP contribution in [0.4, 0.5) is 0 Å². The average Bonchev–Trinajstić information content (AvgIpc) is 2.76. The normalized spacial score (nSPS) is 21.1. The number of carboxylic acid groups (broad SMARTS) is 1. The number of carbonyl (C=O) groups is 2. The number of rotatable bonds is 4. The zero-order valence-electron chi connectivity index (χ0n) is 11.0. The summed E-state index contributed by atoms with van der Waals surface area (Å²) in [6.07, 6.45) is 1.84. The van der Waals surface area contributed by atoms with Crippen LogP contribution in [0.5, 0.6) is 0 Å². The van der Waals surface area contributed by atoms with E-state index in [1.807, 2.05) is 24.3 Å². The van der Waals surface area contributed by atoms with Crippen molar-refractivity contribution in [3.8, 4) is 0 Å². The summed E-state index contributed by atoms with van der Waals surface area (Å²) >= 11 is 0. The predicted octanol–water partition coefficient (Wildman–Crippen LogP) is 0.642. The van der Waals surface area contributed by atoms with Crippen LogP contribution in [0.3, 0.4) is 0 Å². The van der Waals surface area contributed by atoms with Crippen LogP contribution in [-0.4, -0.2) is 35.1 Å². The molecule has 2 rings (SSSR count). The lowest BCUT2D eigenvalue weighted by molar-refractivity contribution is -0.146. The van der Waals surface area contributed by atoms with E-state index in [0.29, 0.717) is 6.42 Å². The third-order valence-electron chi connectivity index (χ3n) is 3.27. The quantitative estimate of drug-likeness (QED) is 0.363. The largest absolute Gasteiger partial charge is 0.478 e. The van der Waals surface area contributed by atoms with Gasteiger partial charge in [0.2, 0.25) is 0 Å². The Morgan fingerprint density at radius 2 is 2.10 bits per heavy atom. The highest BCUT2D eigenvalue weighted by molar-refractivity contribution is 5.90. The molecule has 1 aromatic rings. The summed E-state index contributed by atoms with van der Waals surface area (Å²) in [6, 6.07) is 7.48. The topological polar surface area (TPSA) is 92.9 Å². The first kappa shape index (κ1) is 14.2. The zero-order chi connectivity index (χ0) is 14.7. The Bertz CT molecular complexity index is 554. The first-order valence-corrected chi connectivity index (χ1v) is 6.16. The number of nitrogens with zero attached hydrogens (tertiary/aromatic N) is 1. The third kappa shape index (κ3) is 3.04. The Hall–Kier alpha value is -2.18. The first-order chi connectivity index (χ1) is 9.49. The molecule has 0 amide bonds. The molecule has 6 nitrogen and oxygen atoms in total. The van der Waals surface area contributed by atoms with Crippen molar-refractivity contribution < 1.29 is 19.4 Å². The number of esters is 1. The van der Waals surface area contributed by atoms with Gasteiger partial charge in [0.15, 0.2) is 0 Å². The van der Waals surface area contributed by atoms with E-state index in [0.717, 1.165) is 23.3 Å². The van der Waals surface area contributed by atoms with Gasteiger partial charge in [-0.3, -0.25) is 5.84 Å². The molecule has 0 radical (unpaired) electrons. The fourth-order valence-electron chi connectivity index (χ4n) is 2.34. The molecule has 0 aliphatic heterocycles. The van der Waals surface area contributed by atoms with E-state index in [1.165, 1.54) is 5.01 Å². The van der Waals surface area contributed by atoms with Gasteiger partial charge in [0.25, 0.3) is 0 Å². The summed E-state index contributed by atoms with van der Waals surface area (Å²) in [6.45, 7) is 0. The van der Waals surface area contributed by atoms with Gasteiger partial charge in [-0.2, -0.15) is 0 Å². The van der Waals surface area contributed by atoms with E-state index in [-0.39, 0.29) is 6.04 Å². The van der Waals surface area contributed by atoms with Gasteiger partial charge < -0.3 is 9.84 Å². The van der Waals surface area contributed by atoms with Gasteiger partial charge in [0, 0.05) is 19.2 Å². The Morgan fingerprint density at radius 3 is 2.75 bits per heavy atom. The van der Waals surface area contributed by atoms with E-state index in [2.05, 4.69) is 0 Å². The van der Waals surface area contributed by atoms with Crippen LogP contribution in [0.2, 0.25) is 0 Å². The molecule has 2 atom stereocenters. The lowest BCUT2D eigenvalue weighted by atomic mass is 10.1. The van der Waals surface area contributed by atoms with Crippen LogP contribution in [0.25, 0.3) is 0 Å². The molecular formula is C14H16N2O4. The summed E-state index contributed by atoms with van der Waals surface area (Å²) in [5.41, 5.74) is 1.99. The van der Waals surface area contributed by atoms with Crippen molar-refractivity contribution in [2.75, 3.05) is 7.05 Å². The first-order valence-electron chi connectivity index (χ1n) is 6.16. The summed E-state index contributed by atoms with van der Waals surface area (Å²) in [7, 11) is 1.71. The van der Waals surface area contributed by atoms with Crippen molar-refractivity contribution in [1.82, 2.24) is 5.01 Å². The molecule has 3 N–H and O–H groups in total. The van der Waals surface area contributed by atoms with Crippen molar-refractivity contribution in [3.05, 3.63) is 47.5 Å². The summed E-state index contributed by atoms with van der Waals surface area (Å²) < 4.78 is 5.35. The molecule has 0 unspecified atom stereocenters. The minimum atomic E-state index is -1.19. The highest BCUT2D eigenvalue weighted by atomic mass is 16.5. The fourth-order valence-corrected chi connectivity index (χ4v) is 2.34. The molecule has 1 aliphatic carbocycles. The van der Waals surface area contributed by atoms with Crippen molar-refractivity contribution in [2.45, 2.75) is 18.6 Å². The Morgan fingerprint density at radius 1 is 1.40 bits per heavy atom. The number of ether oxygens (including phenoxy) is 1. The van der Waals surface area contributed by atoms with Gasteiger partial charge in [-0.1, -0.05) is 24.3 Å². The molecule has 0 fully saturated rings. The molecule has 0 spiro atoms. The Kier molecular flexibility index (Phi) is 4.16. The molecule has 20 heavy (non-hydrogen) atoms. The van der Waals surface area contributed by atoms with Crippen LogP contribution >= 0.6 is 0 Å². The number of hydrogen-bond acceptors (Lipinski definition) is 5. The van der Waals surface area contributed by atoms with E-state index >= 15 is 0 Å². The SMILES string of the molecule is CN(N)[C@H]1Cc2ccccc2[C@@H]1OC(=O)/C=C\C(=O)O. The second kappa shape index (κ2) is 5.85. The molecule has 0 bridgehead atoms. The van der Waals surface area contributed by atoms with Crippen LogP contribution in [0, 0.1) is 0 Å². The second-order valence-corrected chi connectivity index (χ2v) is 4.66. The maximum absolute atomic E-state index is 11.6. The summed E-state index contributed by atoms with van der Waals surface area (Å²) in [4.78, 5) is 22.0. The molecule has 0 saturated heterocycles. The van der Waals surface area contributed by atoms with Crippen molar-refractivity contribution in [1.29, 1.82) is 0 Å². The van der Waals surface area contributed by atoms with Gasteiger partial charge in [-0.15, -0.1) is 0 Å². The number of carboxylic acids is 1. The Balaban J connectivity index is 2.19. The van der Waals surface area contributed by atoms with Crippen LogP contribution in [0.15, 0.2) is 36.4 Å². The average molecular weight is 276 g/mol. The minimum Gasteiger partial charge on any atom is -0.478 e. The van der Waals surface area contributed by atoms with Crippen LogP contribution in [-0.2, 0) is 20.7 Å². The number of fused-ring (bicyclic) bond motifs is 1. The summed E-state index contributed by atoms with van der Waals surface area (Å²) in [5.74, 6) is 3.91. The van der Waals surface area contributed by atoms with Gasteiger partial charge >= 0.3 is 11.9 Å². The van der Waals surface area contributed by atoms with Crippen LogP contribution in [0.1, 0.15) is 17.2 Å². The van der Waals surface area contributed by atoms with Crippen molar-refractivity contribution in [3.63, 3.8) is 0 Å².